The predicted octanol–water partition coefficient (Wildman–Crippen LogP) is 2.49. The summed E-state index contributed by atoms with van der Waals surface area (Å²) in [6.07, 6.45) is 3.75. The molecule has 4 heteroatoms. The highest BCUT2D eigenvalue weighted by Gasteiger charge is 2.34. The first-order valence-electron chi connectivity index (χ1n) is 7.68. The molecule has 0 atom stereocenters. The Kier molecular flexibility index (Phi) is 5.23. The van der Waals surface area contributed by atoms with Gasteiger partial charge < -0.3 is 15.2 Å². The molecule has 1 aliphatic rings. The molecular weight excluding hydrogens is 266 g/mol. The summed E-state index contributed by atoms with van der Waals surface area (Å²) < 4.78 is 5.64. The van der Waals surface area contributed by atoms with Crippen molar-refractivity contribution in [1.82, 2.24) is 5.32 Å². The third-order valence-electron chi connectivity index (χ3n) is 4.19. The van der Waals surface area contributed by atoms with Gasteiger partial charge in [0.25, 0.3) is 0 Å². The zero-order valence-electron chi connectivity index (χ0n) is 12.9. The van der Waals surface area contributed by atoms with Gasteiger partial charge in [0.1, 0.15) is 5.75 Å². The summed E-state index contributed by atoms with van der Waals surface area (Å²) in [6, 6.07) is 6.01. The summed E-state index contributed by atoms with van der Waals surface area (Å²) in [4.78, 5) is 11.7. The molecule has 116 valence electrons. The molecule has 0 bridgehead atoms. The smallest absolute Gasteiger partial charge is 0.220 e. The van der Waals surface area contributed by atoms with Gasteiger partial charge in [-0.05, 0) is 62.8 Å². The Balaban J connectivity index is 1.60. The highest BCUT2D eigenvalue weighted by atomic mass is 16.5. The lowest BCUT2D eigenvalue weighted by molar-refractivity contribution is -0.123. The molecule has 0 aliphatic heterocycles. The Morgan fingerprint density at radius 1 is 1.33 bits per heavy atom. The van der Waals surface area contributed by atoms with E-state index in [1.54, 1.807) is 0 Å². The normalized spacial score (nSPS) is 16.1. The third-order valence-corrected chi connectivity index (χ3v) is 4.19. The number of carbonyl (C=O) groups is 1. The summed E-state index contributed by atoms with van der Waals surface area (Å²) in [5.41, 5.74) is 1.81. The predicted molar refractivity (Wildman–Crippen MR) is 82.5 cm³/mol. The van der Waals surface area contributed by atoms with Crippen molar-refractivity contribution >= 4 is 5.91 Å². The van der Waals surface area contributed by atoms with Crippen LogP contribution in [0.25, 0.3) is 0 Å². The summed E-state index contributed by atoms with van der Waals surface area (Å²) in [6.45, 7) is 5.03. The topological polar surface area (TPSA) is 58.6 Å². The number of nitrogens with one attached hydrogen (secondary N) is 1. The molecule has 1 saturated carbocycles. The van der Waals surface area contributed by atoms with Crippen LogP contribution in [0.15, 0.2) is 18.2 Å². The van der Waals surface area contributed by atoms with Crippen LogP contribution in [-0.2, 0) is 4.79 Å². The van der Waals surface area contributed by atoms with E-state index in [1.807, 2.05) is 18.2 Å². The van der Waals surface area contributed by atoms with E-state index in [1.165, 1.54) is 11.1 Å². The average Bonchev–Trinajstić information content (AvgIpc) is 2.43. The van der Waals surface area contributed by atoms with Gasteiger partial charge in [-0.3, -0.25) is 4.79 Å². The van der Waals surface area contributed by atoms with Gasteiger partial charge >= 0.3 is 0 Å². The Hall–Kier alpha value is -1.55. The van der Waals surface area contributed by atoms with Crippen molar-refractivity contribution in [3.05, 3.63) is 29.3 Å². The zero-order valence-corrected chi connectivity index (χ0v) is 12.9. The second kappa shape index (κ2) is 6.94. The maximum Gasteiger partial charge on any atom is 0.220 e. The number of hydrogen-bond donors (Lipinski definition) is 2. The van der Waals surface area contributed by atoms with Crippen LogP contribution in [-0.4, -0.2) is 29.8 Å². The molecule has 0 aromatic heterocycles. The summed E-state index contributed by atoms with van der Waals surface area (Å²) in [7, 11) is 0. The molecule has 1 aromatic rings. The average molecular weight is 291 g/mol. The first kappa shape index (κ1) is 15.8. The van der Waals surface area contributed by atoms with Crippen LogP contribution in [0.1, 0.15) is 43.2 Å². The van der Waals surface area contributed by atoms with E-state index in [2.05, 4.69) is 19.2 Å². The van der Waals surface area contributed by atoms with Crippen molar-refractivity contribution in [2.45, 2.75) is 51.6 Å². The fraction of sp³-hybridized carbons (Fsp3) is 0.588. The van der Waals surface area contributed by atoms with Crippen LogP contribution < -0.4 is 10.1 Å². The largest absolute Gasteiger partial charge is 0.494 e. The molecular formula is C17H25NO3. The monoisotopic (exact) mass is 291 g/mol. The Bertz CT molecular complexity index is 495. The molecule has 0 saturated heterocycles. The number of carbonyl (C=O) groups excluding carboxylic acids is 1. The van der Waals surface area contributed by atoms with Crippen LogP contribution in [0.5, 0.6) is 5.75 Å². The van der Waals surface area contributed by atoms with E-state index in [0.717, 1.165) is 25.0 Å². The van der Waals surface area contributed by atoms with E-state index in [-0.39, 0.29) is 5.91 Å². The summed E-state index contributed by atoms with van der Waals surface area (Å²) in [5.74, 6) is 0.835. The van der Waals surface area contributed by atoms with Gasteiger partial charge in [-0.2, -0.15) is 0 Å². The minimum atomic E-state index is -0.647. The first-order chi connectivity index (χ1) is 9.98. The van der Waals surface area contributed by atoms with Gasteiger partial charge in [-0.15, -0.1) is 0 Å². The number of hydrogen-bond acceptors (Lipinski definition) is 3. The van der Waals surface area contributed by atoms with Gasteiger partial charge in [-0.25, -0.2) is 0 Å². The van der Waals surface area contributed by atoms with E-state index < -0.39 is 5.60 Å². The van der Waals surface area contributed by atoms with Gasteiger partial charge in [0.05, 0.1) is 12.2 Å². The fourth-order valence-electron chi connectivity index (χ4n) is 2.34. The fourth-order valence-corrected chi connectivity index (χ4v) is 2.34. The van der Waals surface area contributed by atoms with Crippen LogP contribution >= 0.6 is 0 Å². The lowest BCUT2D eigenvalue weighted by Gasteiger charge is -2.36. The minimum absolute atomic E-state index is 0.0148. The Labute approximate surface area is 126 Å². The van der Waals surface area contributed by atoms with Crippen molar-refractivity contribution in [2.24, 2.45) is 0 Å². The molecule has 0 spiro atoms. The lowest BCUT2D eigenvalue weighted by Crippen LogP contribution is -2.47. The molecule has 1 amide bonds. The van der Waals surface area contributed by atoms with Crippen LogP contribution in [0.2, 0.25) is 0 Å². The number of aliphatic hydroxyl groups is 1. The number of amides is 1. The van der Waals surface area contributed by atoms with Gasteiger partial charge in [0.15, 0.2) is 0 Å². The summed E-state index contributed by atoms with van der Waals surface area (Å²) >= 11 is 0. The maximum absolute atomic E-state index is 11.7. The quantitative estimate of drug-likeness (QED) is 0.759. The van der Waals surface area contributed by atoms with Crippen molar-refractivity contribution in [1.29, 1.82) is 0 Å². The molecule has 21 heavy (non-hydrogen) atoms. The molecule has 2 rings (SSSR count). The number of ether oxygens (including phenoxy) is 1. The second-order valence-electron chi connectivity index (χ2n) is 6.05. The van der Waals surface area contributed by atoms with E-state index in [4.69, 9.17) is 4.74 Å². The van der Waals surface area contributed by atoms with Crippen molar-refractivity contribution < 1.29 is 14.6 Å². The molecule has 0 radical (unpaired) electrons. The van der Waals surface area contributed by atoms with E-state index in [9.17, 15) is 9.90 Å². The first-order valence-corrected chi connectivity index (χ1v) is 7.68. The molecule has 0 heterocycles. The maximum atomic E-state index is 11.7. The van der Waals surface area contributed by atoms with Crippen molar-refractivity contribution in [3.63, 3.8) is 0 Å². The minimum Gasteiger partial charge on any atom is -0.494 e. The SMILES string of the molecule is Cc1ccc(OCCCC(=O)NCC2(O)CCC2)cc1C. The molecule has 0 unspecified atom stereocenters. The molecule has 1 aliphatic carbocycles. The zero-order chi connectivity index (χ0) is 15.3. The van der Waals surface area contributed by atoms with Crippen LogP contribution in [0.4, 0.5) is 0 Å². The molecule has 1 fully saturated rings. The number of rotatable bonds is 7. The third kappa shape index (κ3) is 4.74. The standard InChI is InChI=1S/C17H25NO3/c1-13-6-7-15(11-14(13)2)21-10-3-5-16(19)18-12-17(20)8-4-9-17/h6-7,11,20H,3-5,8-10,12H2,1-2H3,(H,18,19). The number of aryl methyl sites for hydroxylation is 2. The van der Waals surface area contributed by atoms with Crippen LogP contribution in [0.3, 0.4) is 0 Å². The van der Waals surface area contributed by atoms with Gasteiger partial charge in [0.2, 0.25) is 5.91 Å². The summed E-state index contributed by atoms with van der Waals surface area (Å²) in [5, 5.41) is 12.7. The Morgan fingerprint density at radius 3 is 2.71 bits per heavy atom. The molecule has 2 N–H and O–H groups in total. The molecule has 4 nitrogen and oxygen atoms in total. The van der Waals surface area contributed by atoms with Crippen molar-refractivity contribution in [2.75, 3.05) is 13.2 Å². The van der Waals surface area contributed by atoms with Gasteiger partial charge in [-0.1, -0.05) is 6.07 Å². The number of benzene rings is 1. The van der Waals surface area contributed by atoms with Crippen molar-refractivity contribution in [3.8, 4) is 5.75 Å². The van der Waals surface area contributed by atoms with Gasteiger partial charge in [0, 0.05) is 13.0 Å². The Morgan fingerprint density at radius 2 is 2.10 bits per heavy atom. The molecule has 1 aromatic carbocycles. The highest BCUT2D eigenvalue weighted by Crippen LogP contribution is 2.30. The second-order valence-corrected chi connectivity index (χ2v) is 6.05. The highest BCUT2D eigenvalue weighted by molar-refractivity contribution is 5.75. The van der Waals surface area contributed by atoms with E-state index >= 15 is 0 Å². The lowest BCUT2D eigenvalue weighted by atomic mass is 9.80. The van der Waals surface area contributed by atoms with E-state index in [0.29, 0.717) is 26.0 Å². The van der Waals surface area contributed by atoms with Crippen LogP contribution in [0, 0.1) is 13.8 Å².